The summed E-state index contributed by atoms with van der Waals surface area (Å²) in [7, 11) is 2.22. The van der Waals surface area contributed by atoms with Crippen LogP contribution in [0.2, 0.25) is 0 Å². The molecule has 2 aliphatic rings. The third-order valence-corrected chi connectivity index (χ3v) is 5.05. The quantitative estimate of drug-likeness (QED) is 0.687. The molecule has 0 aromatic carbocycles. The normalized spacial score (nSPS) is 29.7. The van der Waals surface area contributed by atoms with Crippen LogP contribution in [0.15, 0.2) is 0 Å². The molecule has 2 N–H and O–H groups in total. The third-order valence-electron chi connectivity index (χ3n) is 5.05. The molecule has 0 aromatic heterocycles. The number of nitrogens with two attached hydrogens (primary N) is 1. The van der Waals surface area contributed by atoms with Crippen molar-refractivity contribution in [3.05, 3.63) is 0 Å². The predicted molar refractivity (Wildman–Crippen MR) is 80.1 cm³/mol. The SMILES string of the molecule is CC1CCC(C(CN)N(C)CCOCC2CC2)CC1. The molecule has 0 saturated heterocycles. The molecule has 0 aliphatic heterocycles. The lowest BCUT2D eigenvalue weighted by Gasteiger charge is -2.37. The molecule has 2 fully saturated rings. The number of rotatable bonds is 8. The van der Waals surface area contributed by atoms with Crippen molar-refractivity contribution >= 4 is 0 Å². The number of nitrogens with zero attached hydrogens (tertiary/aromatic N) is 1. The summed E-state index contributed by atoms with van der Waals surface area (Å²) in [5, 5.41) is 0. The average molecular weight is 268 g/mol. The first-order chi connectivity index (χ1) is 9.20. The van der Waals surface area contributed by atoms with Crippen LogP contribution in [-0.4, -0.2) is 44.3 Å². The number of ether oxygens (including phenoxy) is 1. The van der Waals surface area contributed by atoms with Crippen LogP contribution in [0, 0.1) is 17.8 Å². The lowest BCUT2D eigenvalue weighted by Crippen LogP contribution is -2.45. The van der Waals surface area contributed by atoms with Crippen LogP contribution in [0.5, 0.6) is 0 Å². The van der Waals surface area contributed by atoms with E-state index in [4.69, 9.17) is 10.5 Å². The molecule has 3 nitrogen and oxygen atoms in total. The maximum absolute atomic E-state index is 6.02. The van der Waals surface area contributed by atoms with Gasteiger partial charge in [-0.25, -0.2) is 0 Å². The van der Waals surface area contributed by atoms with Gasteiger partial charge in [-0.15, -0.1) is 0 Å². The van der Waals surface area contributed by atoms with Gasteiger partial charge >= 0.3 is 0 Å². The van der Waals surface area contributed by atoms with E-state index >= 15 is 0 Å². The maximum Gasteiger partial charge on any atom is 0.0593 e. The van der Waals surface area contributed by atoms with Gasteiger partial charge in [0.1, 0.15) is 0 Å². The van der Waals surface area contributed by atoms with Crippen LogP contribution in [0.4, 0.5) is 0 Å². The Morgan fingerprint density at radius 3 is 2.42 bits per heavy atom. The fourth-order valence-electron chi connectivity index (χ4n) is 3.31. The van der Waals surface area contributed by atoms with Gasteiger partial charge in [0.05, 0.1) is 6.61 Å². The number of hydrogen-bond acceptors (Lipinski definition) is 3. The maximum atomic E-state index is 6.02. The average Bonchev–Trinajstić information content (AvgIpc) is 3.22. The van der Waals surface area contributed by atoms with Gasteiger partial charge in [-0.1, -0.05) is 19.8 Å². The van der Waals surface area contributed by atoms with Gasteiger partial charge in [-0.05, 0) is 50.5 Å². The molecule has 0 bridgehead atoms. The smallest absolute Gasteiger partial charge is 0.0593 e. The van der Waals surface area contributed by atoms with Crippen molar-refractivity contribution in [2.75, 3.05) is 33.4 Å². The Bertz CT molecular complexity index is 247. The number of hydrogen-bond donors (Lipinski definition) is 1. The highest BCUT2D eigenvalue weighted by molar-refractivity contribution is 4.82. The van der Waals surface area contributed by atoms with Crippen LogP contribution in [0.25, 0.3) is 0 Å². The second-order valence-corrected chi connectivity index (χ2v) is 6.82. The summed E-state index contributed by atoms with van der Waals surface area (Å²) in [6.45, 7) is 6.04. The van der Waals surface area contributed by atoms with Gasteiger partial charge in [0.25, 0.3) is 0 Å². The Labute approximate surface area is 118 Å². The zero-order valence-electron chi connectivity index (χ0n) is 12.8. The molecular weight excluding hydrogens is 236 g/mol. The summed E-state index contributed by atoms with van der Waals surface area (Å²) >= 11 is 0. The van der Waals surface area contributed by atoms with Crippen molar-refractivity contribution in [1.29, 1.82) is 0 Å². The Hall–Kier alpha value is -0.120. The molecule has 0 radical (unpaired) electrons. The Kier molecular flexibility index (Phi) is 6.11. The van der Waals surface area contributed by atoms with Crippen molar-refractivity contribution < 1.29 is 4.74 Å². The molecule has 0 spiro atoms. The summed E-state index contributed by atoms with van der Waals surface area (Å²) in [6, 6.07) is 0.553. The van der Waals surface area contributed by atoms with Crippen molar-refractivity contribution in [2.24, 2.45) is 23.5 Å². The standard InChI is InChI=1S/C16H32N2O/c1-13-3-7-15(8-4-13)16(11-17)18(2)9-10-19-12-14-5-6-14/h13-16H,3-12,17H2,1-2H3. The Morgan fingerprint density at radius 2 is 1.84 bits per heavy atom. The molecule has 2 saturated carbocycles. The highest BCUT2D eigenvalue weighted by Gasteiger charge is 2.28. The minimum Gasteiger partial charge on any atom is -0.380 e. The van der Waals surface area contributed by atoms with E-state index < -0.39 is 0 Å². The molecule has 0 heterocycles. The first kappa shape index (κ1) is 15.3. The highest BCUT2D eigenvalue weighted by atomic mass is 16.5. The molecular formula is C16H32N2O. The summed E-state index contributed by atoms with van der Waals surface area (Å²) in [4.78, 5) is 2.44. The molecule has 2 aliphatic carbocycles. The topological polar surface area (TPSA) is 38.5 Å². The minimum absolute atomic E-state index is 0.553. The molecule has 112 valence electrons. The monoisotopic (exact) mass is 268 g/mol. The van der Waals surface area contributed by atoms with Gasteiger partial charge in [0.2, 0.25) is 0 Å². The number of likely N-dealkylation sites (N-methyl/N-ethyl adjacent to an activating group) is 1. The second kappa shape index (κ2) is 7.61. The van der Waals surface area contributed by atoms with Crippen molar-refractivity contribution in [3.63, 3.8) is 0 Å². The fourth-order valence-corrected chi connectivity index (χ4v) is 3.31. The summed E-state index contributed by atoms with van der Waals surface area (Å²) in [5.74, 6) is 2.59. The predicted octanol–water partition coefficient (Wildman–Crippen LogP) is 2.50. The summed E-state index contributed by atoms with van der Waals surface area (Å²) < 4.78 is 5.74. The van der Waals surface area contributed by atoms with Gasteiger partial charge < -0.3 is 10.5 Å². The first-order valence-corrected chi connectivity index (χ1v) is 8.18. The van der Waals surface area contributed by atoms with Gasteiger partial charge in [0.15, 0.2) is 0 Å². The second-order valence-electron chi connectivity index (χ2n) is 6.82. The van der Waals surface area contributed by atoms with E-state index in [1.54, 1.807) is 0 Å². The van der Waals surface area contributed by atoms with Gasteiger partial charge in [-0.3, -0.25) is 4.90 Å². The van der Waals surface area contributed by atoms with Gasteiger partial charge in [-0.2, -0.15) is 0 Å². The van der Waals surface area contributed by atoms with Crippen LogP contribution < -0.4 is 5.73 Å². The first-order valence-electron chi connectivity index (χ1n) is 8.18. The van der Waals surface area contributed by atoms with Crippen LogP contribution in [0.1, 0.15) is 45.4 Å². The lowest BCUT2D eigenvalue weighted by molar-refractivity contribution is 0.0716. The van der Waals surface area contributed by atoms with Crippen molar-refractivity contribution in [3.8, 4) is 0 Å². The molecule has 1 unspecified atom stereocenters. The van der Waals surface area contributed by atoms with E-state index in [1.807, 2.05) is 0 Å². The van der Waals surface area contributed by atoms with Crippen molar-refractivity contribution in [2.45, 2.75) is 51.5 Å². The van der Waals surface area contributed by atoms with Gasteiger partial charge in [0, 0.05) is 25.7 Å². The van der Waals surface area contributed by atoms with E-state index in [9.17, 15) is 0 Å². The molecule has 2 rings (SSSR count). The molecule has 3 heteroatoms. The van der Waals surface area contributed by atoms with Crippen LogP contribution in [-0.2, 0) is 4.74 Å². The highest BCUT2D eigenvalue weighted by Crippen LogP contribution is 2.32. The summed E-state index contributed by atoms with van der Waals surface area (Å²) in [6.07, 6.45) is 8.23. The Morgan fingerprint density at radius 1 is 1.16 bits per heavy atom. The molecule has 1 atom stereocenters. The Balaban J connectivity index is 1.66. The van der Waals surface area contributed by atoms with E-state index in [1.165, 1.54) is 38.5 Å². The van der Waals surface area contributed by atoms with Crippen LogP contribution in [0.3, 0.4) is 0 Å². The zero-order valence-corrected chi connectivity index (χ0v) is 12.8. The van der Waals surface area contributed by atoms with E-state index in [0.29, 0.717) is 6.04 Å². The summed E-state index contributed by atoms with van der Waals surface area (Å²) in [5.41, 5.74) is 6.02. The van der Waals surface area contributed by atoms with E-state index in [-0.39, 0.29) is 0 Å². The third kappa shape index (κ3) is 5.05. The minimum atomic E-state index is 0.553. The van der Waals surface area contributed by atoms with Crippen molar-refractivity contribution in [1.82, 2.24) is 4.90 Å². The molecule has 19 heavy (non-hydrogen) atoms. The van der Waals surface area contributed by atoms with E-state index in [0.717, 1.165) is 44.1 Å². The van der Waals surface area contributed by atoms with E-state index in [2.05, 4.69) is 18.9 Å². The zero-order chi connectivity index (χ0) is 13.7. The molecule has 0 aromatic rings. The fraction of sp³-hybridized carbons (Fsp3) is 1.00. The largest absolute Gasteiger partial charge is 0.380 e. The lowest BCUT2D eigenvalue weighted by atomic mass is 9.79. The van der Waals surface area contributed by atoms with Crippen LogP contribution >= 0.6 is 0 Å². The molecule has 0 amide bonds.